The Bertz CT molecular complexity index is 264. The fourth-order valence-electron chi connectivity index (χ4n) is 3.52. The summed E-state index contributed by atoms with van der Waals surface area (Å²) in [7, 11) is 0. The Hall–Kier alpha value is -0.120. The summed E-state index contributed by atoms with van der Waals surface area (Å²) >= 11 is 0. The Balaban J connectivity index is 1.32. The van der Waals surface area contributed by atoms with Gasteiger partial charge in [-0.1, -0.05) is 0 Å². The lowest BCUT2D eigenvalue weighted by Gasteiger charge is -2.37. The van der Waals surface area contributed by atoms with Gasteiger partial charge in [0.15, 0.2) is 0 Å². The summed E-state index contributed by atoms with van der Waals surface area (Å²) in [5.74, 6) is 2.07. The standard InChI is InChI=1S/C16H31N3/c1-13(2)19-11-9-18(10-12-19)8-7-17-16(14-3-4-14)15-5-6-15/h13-17H,3-12H2,1-2H3. The normalized spacial score (nSPS) is 26.5. The van der Waals surface area contributed by atoms with E-state index in [-0.39, 0.29) is 0 Å². The van der Waals surface area contributed by atoms with Gasteiger partial charge in [0.1, 0.15) is 0 Å². The number of nitrogens with one attached hydrogen (secondary N) is 1. The highest BCUT2D eigenvalue weighted by Gasteiger charge is 2.40. The molecule has 3 aliphatic rings. The van der Waals surface area contributed by atoms with Gasteiger partial charge < -0.3 is 5.32 Å². The first-order valence-electron chi connectivity index (χ1n) is 8.44. The summed E-state index contributed by atoms with van der Waals surface area (Å²) in [6.45, 7) is 12.1. The highest BCUT2D eigenvalue weighted by Crippen LogP contribution is 2.44. The van der Waals surface area contributed by atoms with Crippen LogP contribution >= 0.6 is 0 Å². The summed E-state index contributed by atoms with van der Waals surface area (Å²) in [4.78, 5) is 5.24. The van der Waals surface area contributed by atoms with Crippen molar-refractivity contribution in [3.8, 4) is 0 Å². The minimum atomic E-state index is 0.717. The van der Waals surface area contributed by atoms with E-state index in [1.807, 2.05) is 0 Å². The van der Waals surface area contributed by atoms with Crippen LogP contribution in [0.25, 0.3) is 0 Å². The van der Waals surface area contributed by atoms with Crippen LogP contribution in [-0.2, 0) is 0 Å². The van der Waals surface area contributed by atoms with Gasteiger partial charge in [-0.15, -0.1) is 0 Å². The first-order valence-corrected chi connectivity index (χ1v) is 8.44. The van der Waals surface area contributed by atoms with E-state index >= 15 is 0 Å². The number of rotatable bonds is 7. The maximum absolute atomic E-state index is 3.87. The van der Waals surface area contributed by atoms with Gasteiger partial charge >= 0.3 is 0 Å². The van der Waals surface area contributed by atoms with Crippen LogP contribution in [-0.4, -0.2) is 61.2 Å². The quantitative estimate of drug-likeness (QED) is 0.757. The number of hydrogen-bond donors (Lipinski definition) is 1. The van der Waals surface area contributed by atoms with Crippen molar-refractivity contribution in [2.45, 2.75) is 51.6 Å². The van der Waals surface area contributed by atoms with E-state index in [1.165, 1.54) is 65.0 Å². The van der Waals surface area contributed by atoms with Gasteiger partial charge in [-0.05, 0) is 51.4 Å². The van der Waals surface area contributed by atoms with Gasteiger partial charge in [-0.2, -0.15) is 0 Å². The highest BCUT2D eigenvalue weighted by atomic mass is 15.3. The van der Waals surface area contributed by atoms with Crippen LogP contribution in [0.5, 0.6) is 0 Å². The SMILES string of the molecule is CC(C)N1CCN(CCNC(C2CC2)C2CC2)CC1. The molecular formula is C16H31N3. The Morgan fingerprint density at radius 2 is 1.53 bits per heavy atom. The average Bonchev–Trinajstić information content (AvgIpc) is 3.28. The molecule has 0 aromatic rings. The molecule has 3 heteroatoms. The van der Waals surface area contributed by atoms with Crippen molar-refractivity contribution in [1.82, 2.24) is 15.1 Å². The zero-order valence-electron chi connectivity index (χ0n) is 12.8. The third kappa shape index (κ3) is 3.93. The van der Waals surface area contributed by atoms with Crippen LogP contribution in [0.1, 0.15) is 39.5 Å². The van der Waals surface area contributed by atoms with Crippen molar-refractivity contribution in [2.75, 3.05) is 39.3 Å². The lowest BCUT2D eigenvalue weighted by Crippen LogP contribution is -2.50. The van der Waals surface area contributed by atoms with Crippen LogP contribution in [0.3, 0.4) is 0 Å². The van der Waals surface area contributed by atoms with Gasteiger partial charge in [-0.3, -0.25) is 9.80 Å². The van der Waals surface area contributed by atoms with Crippen LogP contribution in [0.2, 0.25) is 0 Å². The smallest absolute Gasteiger partial charge is 0.0124 e. The molecule has 3 fully saturated rings. The van der Waals surface area contributed by atoms with Crippen molar-refractivity contribution < 1.29 is 0 Å². The van der Waals surface area contributed by atoms with E-state index in [9.17, 15) is 0 Å². The monoisotopic (exact) mass is 265 g/mol. The molecule has 1 heterocycles. The Morgan fingerprint density at radius 1 is 0.947 bits per heavy atom. The van der Waals surface area contributed by atoms with E-state index in [0.29, 0.717) is 0 Å². The predicted octanol–water partition coefficient (Wildman–Crippen LogP) is 1.79. The second-order valence-corrected chi connectivity index (χ2v) is 7.13. The first kappa shape index (κ1) is 13.8. The van der Waals surface area contributed by atoms with E-state index in [2.05, 4.69) is 29.0 Å². The summed E-state index contributed by atoms with van der Waals surface area (Å²) in [6.07, 6.45) is 5.95. The highest BCUT2D eigenvalue weighted by molar-refractivity contribution is 4.96. The van der Waals surface area contributed by atoms with Gasteiger partial charge in [0.25, 0.3) is 0 Å². The molecule has 2 aliphatic carbocycles. The topological polar surface area (TPSA) is 18.5 Å². The summed E-state index contributed by atoms with van der Waals surface area (Å²) in [6, 6.07) is 1.59. The number of hydrogen-bond acceptors (Lipinski definition) is 3. The minimum absolute atomic E-state index is 0.717. The Labute approximate surface area is 118 Å². The molecule has 2 saturated carbocycles. The molecule has 0 bridgehead atoms. The molecule has 0 atom stereocenters. The maximum Gasteiger partial charge on any atom is 0.0124 e. The van der Waals surface area contributed by atoms with E-state index in [1.54, 1.807) is 0 Å². The Kier molecular flexibility index (Phi) is 4.45. The van der Waals surface area contributed by atoms with Gasteiger partial charge in [0, 0.05) is 51.4 Å². The summed E-state index contributed by atoms with van der Waals surface area (Å²) in [5.41, 5.74) is 0. The molecule has 110 valence electrons. The second kappa shape index (κ2) is 6.11. The summed E-state index contributed by atoms with van der Waals surface area (Å²) in [5, 5.41) is 3.87. The maximum atomic E-state index is 3.87. The Morgan fingerprint density at radius 3 is 2.00 bits per heavy atom. The molecule has 0 amide bonds. The first-order chi connectivity index (χ1) is 9.24. The van der Waals surface area contributed by atoms with Crippen molar-refractivity contribution >= 4 is 0 Å². The van der Waals surface area contributed by atoms with Crippen molar-refractivity contribution in [3.63, 3.8) is 0 Å². The molecule has 3 nitrogen and oxygen atoms in total. The lowest BCUT2D eigenvalue weighted by molar-refractivity contribution is 0.108. The summed E-state index contributed by atoms with van der Waals surface area (Å²) < 4.78 is 0. The molecule has 19 heavy (non-hydrogen) atoms. The van der Waals surface area contributed by atoms with Gasteiger partial charge in [0.2, 0.25) is 0 Å². The van der Waals surface area contributed by atoms with Crippen molar-refractivity contribution in [1.29, 1.82) is 0 Å². The zero-order valence-corrected chi connectivity index (χ0v) is 12.8. The molecule has 1 aliphatic heterocycles. The molecule has 0 radical (unpaired) electrons. The van der Waals surface area contributed by atoms with E-state index in [0.717, 1.165) is 23.9 Å². The molecule has 0 spiro atoms. The van der Waals surface area contributed by atoms with E-state index < -0.39 is 0 Å². The molecule has 3 rings (SSSR count). The fourth-order valence-corrected chi connectivity index (χ4v) is 3.52. The molecule has 0 aromatic carbocycles. The molecule has 0 unspecified atom stereocenters. The molecule has 0 aromatic heterocycles. The van der Waals surface area contributed by atoms with Crippen molar-refractivity contribution in [3.05, 3.63) is 0 Å². The van der Waals surface area contributed by atoms with Gasteiger partial charge in [0.05, 0.1) is 0 Å². The van der Waals surface area contributed by atoms with Crippen molar-refractivity contribution in [2.24, 2.45) is 11.8 Å². The van der Waals surface area contributed by atoms with E-state index in [4.69, 9.17) is 0 Å². The number of piperazine rings is 1. The largest absolute Gasteiger partial charge is 0.312 e. The fraction of sp³-hybridized carbons (Fsp3) is 1.00. The third-order valence-corrected chi connectivity index (χ3v) is 5.21. The number of nitrogens with zero attached hydrogens (tertiary/aromatic N) is 2. The zero-order chi connectivity index (χ0) is 13.2. The second-order valence-electron chi connectivity index (χ2n) is 7.13. The lowest BCUT2D eigenvalue weighted by atomic mass is 10.1. The van der Waals surface area contributed by atoms with Crippen LogP contribution in [0.15, 0.2) is 0 Å². The molecule has 1 N–H and O–H groups in total. The predicted molar refractivity (Wildman–Crippen MR) is 80.4 cm³/mol. The van der Waals surface area contributed by atoms with Crippen LogP contribution in [0, 0.1) is 11.8 Å². The average molecular weight is 265 g/mol. The third-order valence-electron chi connectivity index (χ3n) is 5.21. The van der Waals surface area contributed by atoms with Gasteiger partial charge in [-0.25, -0.2) is 0 Å². The molecular weight excluding hydrogens is 234 g/mol. The molecule has 1 saturated heterocycles. The van der Waals surface area contributed by atoms with Crippen LogP contribution < -0.4 is 5.32 Å². The minimum Gasteiger partial charge on any atom is -0.312 e. The van der Waals surface area contributed by atoms with Crippen LogP contribution in [0.4, 0.5) is 0 Å².